The minimum atomic E-state index is -0.220. The first-order valence-electron chi connectivity index (χ1n) is 5.48. The largest absolute Gasteiger partial charge is 0.310 e. The highest BCUT2D eigenvalue weighted by molar-refractivity contribution is 9.10. The quantitative estimate of drug-likeness (QED) is 0.773. The molecule has 0 heterocycles. The van der Waals surface area contributed by atoms with Crippen molar-refractivity contribution in [2.45, 2.75) is 25.8 Å². The summed E-state index contributed by atoms with van der Waals surface area (Å²) in [5.74, 6) is -0.220. The van der Waals surface area contributed by atoms with Crippen molar-refractivity contribution in [2.24, 2.45) is 0 Å². The van der Waals surface area contributed by atoms with Gasteiger partial charge in [-0.2, -0.15) is 0 Å². The van der Waals surface area contributed by atoms with Gasteiger partial charge in [-0.1, -0.05) is 19.1 Å². The normalized spacial score (nSPS) is 12.4. The molecule has 1 aromatic rings. The predicted molar refractivity (Wildman–Crippen MR) is 69.9 cm³/mol. The van der Waals surface area contributed by atoms with E-state index in [1.165, 1.54) is 6.07 Å². The second-order valence-electron chi connectivity index (χ2n) is 3.65. The monoisotopic (exact) mass is 285 g/mol. The number of allylic oxidation sites excluding steroid dienone is 1. The number of rotatable bonds is 6. The molecule has 88 valence electrons. The van der Waals surface area contributed by atoms with Gasteiger partial charge in [0, 0.05) is 6.04 Å². The zero-order valence-electron chi connectivity index (χ0n) is 9.47. The van der Waals surface area contributed by atoms with Crippen LogP contribution in [0.3, 0.4) is 0 Å². The molecule has 3 heteroatoms. The summed E-state index contributed by atoms with van der Waals surface area (Å²) in [6.07, 6.45) is 3.84. The molecule has 0 saturated carbocycles. The summed E-state index contributed by atoms with van der Waals surface area (Å²) in [5.41, 5.74) is 1.11. The third-order valence-corrected chi connectivity index (χ3v) is 3.06. The number of nitrogens with one attached hydrogen (secondary N) is 1. The van der Waals surface area contributed by atoms with Crippen LogP contribution < -0.4 is 5.32 Å². The summed E-state index contributed by atoms with van der Waals surface area (Å²) in [4.78, 5) is 0. The van der Waals surface area contributed by atoms with Gasteiger partial charge < -0.3 is 5.32 Å². The van der Waals surface area contributed by atoms with E-state index in [4.69, 9.17) is 0 Å². The van der Waals surface area contributed by atoms with Crippen LogP contribution in [0.2, 0.25) is 0 Å². The second kappa shape index (κ2) is 6.81. The van der Waals surface area contributed by atoms with E-state index in [2.05, 4.69) is 34.7 Å². The van der Waals surface area contributed by atoms with Crippen molar-refractivity contribution in [3.63, 3.8) is 0 Å². The van der Waals surface area contributed by atoms with Crippen LogP contribution in [-0.2, 0) is 0 Å². The molecular formula is C13H17BrFN. The molecule has 0 bridgehead atoms. The highest BCUT2D eigenvalue weighted by atomic mass is 79.9. The van der Waals surface area contributed by atoms with Crippen LogP contribution in [0.25, 0.3) is 0 Å². The summed E-state index contributed by atoms with van der Waals surface area (Å²) in [6.45, 7) is 6.69. The molecule has 1 aromatic carbocycles. The third kappa shape index (κ3) is 3.72. The van der Waals surface area contributed by atoms with Crippen LogP contribution in [0.1, 0.15) is 31.4 Å². The van der Waals surface area contributed by atoms with Gasteiger partial charge in [0.05, 0.1) is 4.47 Å². The van der Waals surface area contributed by atoms with Gasteiger partial charge in [0.1, 0.15) is 5.82 Å². The Hall–Kier alpha value is -0.670. The van der Waals surface area contributed by atoms with Crippen molar-refractivity contribution in [1.82, 2.24) is 5.32 Å². The molecule has 0 aliphatic rings. The summed E-state index contributed by atoms with van der Waals surface area (Å²) >= 11 is 3.21. The van der Waals surface area contributed by atoms with Gasteiger partial charge in [0.15, 0.2) is 0 Å². The number of halogens is 2. The Bertz CT molecular complexity index is 352. The van der Waals surface area contributed by atoms with Gasteiger partial charge >= 0.3 is 0 Å². The molecule has 0 amide bonds. The average molecular weight is 286 g/mol. The average Bonchev–Trinajstić information content (AvgIpc) is 2.28. The second-order valence-corrected chi connectivity index (χ2v) is 4.50. The van der Waals surface area contributed by atoms with E-state index < -0.39 is 0 Å². The van der Waals surface area contributed by atoms with E-state index >= 15 is 0 Å². The zero-order valence-corrected chi connectivity index (χ0v) is 11.1. The maximum Gasteiger partial charge on any atom is 0.137 e. The Labute approximate surface area is 105 Å². The van der Waals surface area contributed by atoms with Gasteiger partial charge in [0.25, 0.3) is 0 Å². The Morgan fingerprint density at radius 2 is 2.31 bits per heavy atom. The molecule has 1 unspecified atom stereocenters. The highest BCUT2D eigenvalue weighted by Crippen LogP contribution is 2.24. The minimum absolute atomic E-state index is 0.220. The first-order chi connectivity index (χ1) is 7.69. The molecule has 0 spiro atoms. The van der Waals surface area contributed by atoms with Crippen molar-refractivity contribution in [1.29, 1.82) is 0 Å². The van der Waals surface area contributed by atoms with Gasteiger partial charge in [-0.15, -0.1) is 6.58 Å². The van der Waals surface area contributed by atoms with E-state index in [0.717, 1.165) is 24.9 Å². The maximum absolute atomic E-state index is 13.1. The molecule has 0 aliphatic carbocycles. The molecule has 0 radical (unpaired) electrons. The van der Waals surface area contributed by atoms with Gasteiger partial charge in [0.2, 0.25) is 0 Å². The van der Waals surface area contributed by atoms with Gasteiger partial charge in [-0.05, 0) is 53.0 Å². The third-order valence-electron chi connectivity index (χ3n) is 2.46. The van der Waals surface area contributed by atoms with E-state index in [-0.39, 0.29) is 11.9 Å². The van der Waals surface area contributed by atoms with Gasteiger partial charge in [-0.25, -0.2) is 4.39 Å². The standard InChI is InChI=1S/C13H17BrFN/c1-3-5-6-13(16-4-2)10-7-8-12(15)11(14)9-10/h3,7-9,13,16H,1,4-6H2,2H3. The molecular weight excluding hydrogens is 269 g/mol. The minimum Gasteiger partial charge on any atom is -0.310 e. The van der Waals surface area contributed by atoms with Gasteiger partial charge in [-0.3, -0.25) is 0 Å². The predicted octanol–water partition coefficient (Wildman–Crippen LogP) is 4.21. The molecule has 16 heavy (non-hydrogen) atoms. The lowest BCUT2D eigenvalue weighted by Gasteiger charge is -2.18. The Kier molecular flexibility index (Phi) is 5.71. The first-order valence-corrected chi connectivity index (χ1v) is 6.27. The fraction of sp³-hybridized carbons (Fsp3) is 0.385. The Balaban J connectivity index is 2.82. The summed E-state index contributed by atoms with van der Waals surface area (Å²) in [6, 6.07) is 5.43. The van der Waals surface area contributed by atoms with E-state index in [1.54, 1.807) is 0 Å². The van der Waals surface area contributed by atoms with Crippen LogP contribution in [0, 0.1) is 5.82 Å². The van der Waals surface area contributed by atoms with Crippen molar-refractivity contribution in [3.05, 3.63) is 46.7 Å². The molecule has 1 nitrogen and oxygen atoms in total. The maximum atomic E-state index is 13.1. The van der Waals surface area contributed by atoms with Crippen LogP contribution in [0.15, 0.2) is 35.3 Å². The van der Waals surface area contributed by atoms with E-state index in [1.807, 2.05) is 18.2 Å². The lowest BCUT2D eigenvalue weighted by atomic mass is 10.0. The molecule has 0 aromatic heterocycles. The van der Waals surface area contributed by atoms with E-state index in [0.29, 0.717) is 4.47 Å². The van der Waals surface area contributed by atoms with Crippen LogP contribution in [0.4, 0.5) is 4.39 Å². The smallest absolute Gasteiger partial charge is 0.137 e. The van der Waals surface area contributed by atoms with Crippen LogP contribution >= 0.6 is 15.9 Å². The Morgan fingerprint density at radius 3 is 2.88 bits per heavy atom. The Morgan fingerprint density at radius 1 is 1.56 bits per heavy atom. The number of hydrogen-bond donors (Lipinski definition) is 1. The van der Waals surface area contributed by atoms with E-state index in [9.17, 15) is 4.39 Å². The molecule has 1 atom stereocenters. The number of hydrogen-bond acceptors (Lipinski definition) is 1. The molecule has 1 rings (SSSR count). The molecule has 0 aliphatic heterocycles. The highest BCUT2D eigenvalue weighted by Gasteiger charge is 2.10. The molecule has 0 fully saturated rings. The summed E-state index contributed by atoms with van der Waals surface area (Å²) in [7, 11) is 0. The lowest BCUT2D eigenvalue weighted by Crippen LogP contribution is -2.20. The van der Waals surface area contributed by atoms with Crippen molar-refractivity contribution >= 4 is 15.9 Å². The SMILES string of the molecule is C=CCCC(NCC)c1ccc(F)c(Br)c1. The fourth-order valence-corrected chi connectivity index (χ4v) is 2.04. The van der Waals surface area contributed by atoms with Crippen LogP contribution in [0.5, 0.6) is 0 Å². The topological polar surface area (TPSA) is 12.0 Å². The lowest BCUT2D eigenvalue weighted by molar-refractivity contribution is 0.517. The van der Waals surface area contributed by atoms with Crippen molar-refractivity contribution in [3.8, 4) is 0 Å². The first kappa shape index (κ1) is 13.4. The summed E-state index contributed by atoms with van der Waals surface area (Å²) in [5, 5.41) is 3.39. The fourth-order valence-electron chi connectivity index (χ4n) is 1.65. The van der Waals surface area contributed by atoms with Crippen molar-refractivity contribution < 1.29 is 4.39 Å². The zero-order chi connectivity index (χ0) is 12.0. The van der Waals surface area contributed by atoms with Crippen molar-refractivity contribution in [2.75, 3.05) is 6.54 Å². The number of benzene rings is 1. The van der Waals surface area contributed by atoms with Crippen LogP contribution in [-0.4, -0.2) is 6.54 Å². The molecule has 1 N–H and O–H groups in total. The molecule has 0 saturated heterocycles. The summed E-state index contributed by atoms with van der Waals surface area (Å²) < 4.78 is 13.6.